The SMILES string of the molecule is CCCCOc1ccc(/N=N/c2ccc(/N=N/c3ccc(NC(C)=O)cc3)cc2)cc1. The minimum absolute atomic E-state index is 0.111. The first-order valence-corrected chi connectivity index (χ1v) is 10.2. The van der Waals surface area contributed by atoms with Crippen molar-refractivity contribution < 1.29 is 9.53 Å². The second-order valence-corrected chi connectivity index (χ2v) is 6.84. The van der Waals surface area contributed by atoms with Crippen LogP contribution in [0.1, 0.15) is 26.7 Å². The molecule has 0 spiro atoms. The van der Waals surface area contributed by atoms with Crippen LogP contribution in [0.15, 0.2) is 93.3 Å². The summed E-state index contributed by atoms with van der Waals surface area (Å²) in [5, 5.41) is 19.6. The Bertz CT molecular complexity index is 1030. The molecule has 0 fully saturated rings. The molecular weight excluding hydrogens is 390 g/mol. The lowest BCUT2D eigenvalue weighted by molar-refractivity contribution is -0.114. The number of unbranched alkanes of at least 4 members (excludes halogenated alkanes) is 1. The number of nitrogens with one attached hydrogen (secondary N) is 1. The first-order chi connectivity index (χ1) is 15.1. The maximum atomic E-state index is 11.0. The minimum atomic E-state index is -0.111. The molecule has 0 aliphatic rings. The number of amides is 1. The Morgan fingerprint density at radius 2 is 1.16 bits per heavy atom. The van der Waals surface area contributed by atoms with E-state index in [0.29, 0.717) is 11.4 Å². The normalized spacial score (nSPS) is 11.2. The molecule has 7 nitrogen and oxygen atoms in total. The molecule has 0 saturated heterocycles. The molecule has 1 amide bonds. The summed E-state index contributed by atoms with van der Waals surface area (Å²) in [5.41, 5.74) is 3.61. The number of azo groups is 2. The Labute approximate surface area is 181 Å². The van der Waals surface area contributed by atoms with Gasteiger partial charge in [-0.2, -0.15) is 20.5 Å². The van der Waals surface area contributed by atoms with Crippen LogP contribution in [0.5, 0.6) is 5.75 Å². The monoisotopic (exact) mass is 415 g/mol. The van der Waals surface area contributed by atoms with Crippen molar-refractivity contribution in [1.29, 1.82) is 0 Å². The summed E-state index contributed by atoms with van der Waals surface area (Å²) in [5.74, 6) is 0.729. The maximum Gasteiger partial charge on any atom is 0.221 e. The molecule has 1 N–H and O–H groups in total. The molecule has 0 saturated carbocycles. The number of carbonyl (C=O) groups is 1. The lowest BCUT2D eigenvalue weighted by Gasteiger charge is -2.04. The van der Waals surface area contributed by atoms with Crippen LogP contribution in [0.25, 0.3) is 0 Å². The predicted molar refractivity (Wildman–Crippen MR) is 122 cm³/mol. The molecule has 3 rings (SSSR count). The van der Waals surface area contributed by atoms with Gasteiger partial charge in [0.1, 0.15) is 5.75 Å². The van der Waals surface area contributed by atoms with Crippen molar-refractivity contribution in [3.8, 4) is 5.75 Å². The summed E-state index contributed by atoms with van der Waals surface area (Å²) >= 11 is 0. The first kappa shape index (κ1) is 21.8. The third kappa shape index (κ3) is 7.47. The van der Waals surface area contributed by atoms with Crippen molar-refractivity contribution in [2.24, 2.45) is 20.5 Å². The van der Waals surface area contributed by atoms with Gasteiger partial charge in [-0.1, -0.05) is 13.3 Å². The summed E-state index contributed by atoms with van der Waals surface area (Å²) in [6, 6.07) is 22.0. The number of hydrogen-bond donors (Lipinski definition) is 1. The van der Waals surface area contributed by atoms with Crippen LogP contribution in [0.2, 0.25) is 0 Å². The zero-order valence-corrected chi connectivity index (χ0v) is 17.7. The molecule has 0 atom stereocenters. The quantitative estimate of drug-likeness (QED) is 0.287. The second kappa shape index (κ2) is 11.3. The van der Waals surface area contributed by atoms with E-state index in [0.717, 1.165) is 42.3 Å². The van der Waals surface area contributed by atoms with Gasteiger partial charge in [-0.05, 0) is 79.2 Å². The Kier molecular flexibility index (Phi) is 7.99. The highest BCUT2D eigenvalue weighted by Crippen LogP contribution is 2.25. The van der Waals surface area contributed by atoms with Gasteiger partial charge in [0.2, 0.25) is 5.91 Å². The molecule has 7 heteroatoms. The van der Waals surface area contributed by atoms with Crippen LogP contribution in [0, 0.1) is 0 Å². The summed E-state index contributed by atoms with van der Waals surface area (Å²) < 4.78 is 5.64. The van der Waals surface area contributed by atoms with Crippen molar-refractivity contribution >= 4 is 34.3 Å². The van der Waals surface area contributed by atoms with Gasteiger partial charge >= 0.3 is 0 Å². The fourth-order valence-electron chi connectivity index (χ4n) is 2.57. The van der Waals surface area contributed by atoms with Crippen LogP contribution in [0.4, 0.5) is 28.4 Å². The van der Waals surface area contributed by atoms with Gasteiger partial charge in [0, 0.05) is 12.6 Å². The van der Waals surface area contributed by atoms with Crippen molar-refractivity contribution in [2.75, 3.05) is 11.9 Å². The molecule has 158 valence electrons. The summed E-state index contributed by atoms with van der Waals surface area (Å²) in [7, 11) is 0. The number of anilines is 1. The van der Waals surface area contributed by atoms with Crippen molar-refractivity contribution in [2.45, 2.75) is 26.7 Å². The summed E-state index contributed by atoms with van der Waals surface area (Å²) in [6.45, 7) is 4.33. The lowest BCUT2D eigenvalue weighted by atomic mass is 10.3. The van der Waals surface area contributed by atoms with E-state index >= 15 is 0 Å². The number of hydrogen-bond acceptors (Lipinski definition) is 6. The average molecular weight is 415 g/mol. The number of carbonyl (C=O) groups excluding carboxylic acids is 1. The first-order valence-electron chi connectivity index (χ1n) is 10.2. The molecule has 0 unspecified atom stereocenters. The number of nitrogens with zero attached hydrogens (tertiary/aromatic N) is 4. The molecule has 0 aliphatic heterocycles. The fraction of sp³-hybridized carbons (Fsp3) is 0.208. The van der Waals surface area contributed by atoms with E-state index in [9.17, 15) is 4.79 Å². The number of benzene rings is 3. The highest BCUT2D eigenvalue weighted by molar-refractivity contribution is 5.88. The Morgan fingerprint density at radius 1 is 0.742 bits per heavy atom. The van der Waals surface area contributed by atoms with E-state index in [1.807, 2.05) is 48.5 Å². The van der Waals surface area contributed by atoms with Gasteiger partial charge in [0.25, 0.3) is 0 Å². The third-order valence-corrected chi connectivity index (χ3v) is 4.20. The molecule has 0 radical (unpaired) electrons. The van der Waals surface area contributed by atoms with Crippen molar-refractivity contribution in [3.05, 3.63) is 72.8 Å². The Hall–Kier alpha value is -3.87. The fourth-order valence-corrected chi connectivity index (χ4v) is 2.57. The Morgan fingerprint density at radius 3 is 1.58 bits per heavy atom. The predicted octanol–water partition coefficient (Wildman–Crippen LogP) is 7.65. The van der Waals surface area contributed by atoms with Crippen LogP contribution >= 0.6 is 0 Å². The molecule has 0 aromatic heterocycles. The van der Waals surface area contributed by atoms with Crippen LogP contribution in [-0.2, 0) is 4.79 Å². The largest absolute Gasteiger partial charge is 0.494 e. The molecular formula is C24H25N5O2. The van der Waals surface area contributed by atoms with E-state index in [2.05, 4.69) is 32.7 Å². The topological polar surface area (TPSA) is 87.8 Å². The summed E-state index contributed by atoms with van der Waals surface area (Å²) in [6.07, 6.45) is 2.15. The smallest absolute Gasteiger partial charge is 0.221 e. The van der Waals surface area contributed by atoms with Crippen molar-refractivity contribution in [3.63, 3.8) is 0 Å². The molecule has 0 heterocycles. The molecule has 0 aliphatic carbocycles. The second-order valence-electron chi connectivity index (χ2n) is 6.84. The zero-order chi connectivity index (χ0) is 21.9. The van der Waals surface area contributed by atoms with Crippen molar-refractivity contribution in [1.82, 2.24) is 0 Å². The van der Waals surface area contributed by atoms with Gasteiger partial charge in [0.15, 0.2) is 0 Å². The van der Waals surface area contributed by atoms with Crippen LogP contribution in [-0.4, -0.2) is 12.5 Å². The van der Waals surface area contributed by atoms with Crippen LogP contribution < -0.4 is 10.1 Å². The number of ether oxygens (including phenoxy) is 1. The zero-order valence-electron chi connectivity index (χ0n) is 17.7. The molecule has 31 heavy (non-hydrogen) atoms. The van der Waals surface area contributed by atoms with Gasteiger partial charge < -0.3 is 10.1 Å². The molecule has 3 aromatic carbocycles. The molecule has 3 aromatic rings. The van der Waals surface area contributed by atoms with Gasteiger partial charge in [-0.25, -0.2) is 0 Å². The van der Waals surface area contributed by atoms with E-state index < -0.39 is 0 Å². The minimum Gasteiger partial charge on any atom is -0.494 e. The van der Waals surface area contributed by atoms with Crippen LogP contribution in [0.3, 0.4) is 0 Å². The standard InChI is InChI=1S/C24H25N5O2/c1-3-4-17-31-24-15-13-23(14-16-24)29-28-22-11-9-21(10-12-22)27-26-20-7-5-19(6-8-20)25-18(2)30/h5-16H,3-4,17H2,1-2H3,(H,25,30)/b27-26+,29-28+. The highest BCUT2D eigenvalue weighted by Gasteiger charge is 1.98. The lowest BCUT2D eigenvalue weighted by Crippen LogP contribution is -2.04. The Balaban J connectivity index is 1.54. The van der Waals surface area contributed by atoms with E-state index in [4.69, 9.17) is 4.74 Å². The van der Waals surface area contributed by atoms with E-state index in [1.54, 1.807) is 24.3 Å². The van der Waals surface area contributed by atoms with E-state index in [-0.39, 0.29) is 5.91 Å². The van der Waals surface area contributed by atoms with E-state index in [1.165, 1.54) is 6.92 Å². The average Bonchev–Trinajstić information content (AvgIpc) is 2.79. The number of rotatable bonds is 9. The maximum absolute atomic E-state index is 11.0. The third-order valence-electron chi connectivity index (χ3n) is 4.20. The van der Waals surface area contributed by atoms with Gasteiger partial charge in [-0.3, -0.25) is 4.79 Å². The van der Waals surface area contributed by atoms with Gasteiger partial charge in [-0.15, -0.1) is 0 Å². The van der Waals surface area contributed by atoms with Gasteiger partial charge in [0.05, 0.1) is 29.4 Å². The highest BCUT2D eigenvalue weighted by atomic mass is 16.5. The summed E-state index contributed by atoms with van der Waals surface area (Å²) in [4.78, 5) is 11.0. The molecule has 0 bridgehead atoms.